The first-order chi connectivity index (χ1) is 14.8. The molecule has 0 N–H and O–H groups in total. The number of hydrogen-bond acceptors (Lipinski definition) is 4. The fraction of sp³-hybridized carbons (Fsp3) is 0.423. The van der Waals surface area contributed by atoms with Gasteiger partial charge in [-0.15, -0.1) is 6.42 Å². The molecule has 1 amide bonds. The molecule has 2 aromatic carbocycles. The number of amides is 1. The summed E-state index contributed by atoms with van der Waals surface area (Å²) in [5.41, 5.74) is 3.64. The number of carbonyl (C=O) groups is 1. The highest BCUT2D eigenvalue weighted by atomic mass is 16.6. The van der Waals surface area contributed by atoms with Crippen LogP contribution < -0.4 is 9.64 Å². The number of likely N-dealkylation sites (N-methyl/N-ethyl adjacent to an activating group) is 2. The number of ether oxygens (including phenoxy) is 1. The summed E-state index contributed by atoms with van der Waals surface area (Å²) < 4.78 is 5.83. The summed E-state index contributed by atoms with van der Waals surface area (Å²) in [5.74, 6) is 3.17. The van der Waals surface area contributed by atoms with Crippen LogP contribution in [-0.2, 0) is 11.8 Å². The van der Waals surface area contributed by atoms with Gasteiger partial charge < -0.3 is 9.64 Å². The summed E-state index contributed by atoms with van der Waals surface area (Å²) in [6.07, 6.45) is 7.29. The largest absolute Gasteiger partial charge is 0.416 e. The number of anilines is 1. The zero-order valence-corrected chi connectivity index (χ0v) is 18.8. The SMILES string of the molecule is C#CCN(C(=O)Oc1ccc2c(c1)[C@]1(C)CCN(C)[C@@H]1N2C)[C@H](C)Cc1ccccc1. The molecule has 162 valence electrons. The molecule has 2 aliphatic heterocycles. The van der Waals surface area contributed by atoms with Crippen LogP contribution in [0.2, 0.25) is 0 Å². The van der Waals surface area contributed by atoms with Gasteiger partial charge in [-0.1, -0.05) is 43.2 Å². The number of likely N-dealkylation sites (tertiary alicyclic amines) is 1. The number of carbonyl (C=O) groups excluding carboxylic acids is 1. The average Bonchev–Trinajstić information content (AvgIpc) is 3.18. The predicted octanol–water partition coefficient (Wildman–Crippen LogP) is 4.12. The third-order valence-corrected chi connectivity index (χ3v) is 6.91. The van der Waals surface area contributed by atoms with E-state index in [-0.39, 0.29) is 18.0 Å². The van der Waals surface area contributed by atoms with Crippen molar-refractivity contribution in [1.82, 2.24) is 9.80 Å². The van der Waals surface area contributed by atoms with Gasteiger partial charge in [0.05, 0.1) is 12.7 Å². The van der Waals surface area contributed by atoms with E-state index in [0.717, 1.165) is 24.9 Å². The van der Waals surface area contributed by atoms with E-state index in [1.165, 1.54) is 11.3 Å². The van der Waals surface area contributed by atoms with Gasteiger partial charge in [-0.25, -0.2) is 4.79 Å². The highest BCUT2D eigenvalue weighted by Gasteiger charge is 2.52. The van der Waals surface area contributed by atoms with Crippen LogP contribution >= 0.6 is 0 Å². The Labute approximate surface area is 185 Å². The standard InChI is InChI=1S/C26H31N3O2/c1-6-15-29(19(2)17-20-10-8-7-9-11-20)25(30)31-21-12-13-23-22(18-21)26(3)14-16-27(4)24(26)28(23)5/h1,7-13,18-19,24H,14-17H2,2-5H3/t19-,24-,26+/m1/s1. The third kappa shape index (κ3) is 3.77. The van der Waals surface area contributed by atoms with E-state index in [1.54, 1.807) is 4.90 Å². The predicted molar refractivity (Wildman–Crippen MR) is 124 cm³/mol. The van der Waals surface area contributed by atoms with Crippen LogP contribution in [0.15, 0.2) is 48.5 Å². The van der Waals surface area contributed by atoms with E-state index in [1.807, 2.05) is 37.3 Å². The summed E-state index contributed by atoms with van der Waals surface area (Å²) in [7, 11) is 4.31. The number of fused-ring (bicyclic) bond motifs is 3. The summed E-state index contributed by atoms with van der Waals surface area (Å²) in [6, 6.07) is 16.0. The molecule has 0 bridgehead atoms. The second-order valence-electron chi connectivity index (χ2n) is 9.05. The van der Waals surface area contributed by atoms with Crippen molar-refractivity contribution in [3.8, 4) is 18.1 Å². The van der Waals surface area contributed by atoms with Crippen molar-refractivity contribution in [3.05, 3.63) is 59.7 Å². The minimum atomic E-state index is -0.405. The van der Waals surface area contributed by atoms with E-state index < -0.39 is 6.09 Å². The zero-order valence-electron chi connectivity index (χ0n) is 18.8. The van der Waals surface area contributed by atoms with Crippen molar-refractivity contribution in [2.75, 3.05) is 32.1 Å². The van der Waals surface area contributed by atoms with Gasteiger partial charge in [0.2, 0.25) is 0 Å². The molecule has 5 heteroatoms. The van der Waals surface area contributed by atoms with Crippen LogP contribution in [0.4, 0.5) is 10.5 Å². The number of rotatable bonds is 5. The molecule has 1 saturated heterocycles. The van der Waals surface area contributed by atoms with Gasteiger partial charge >= 0.3 is 6.09 Å². The Morgan fingerprint density at radius 3 is 2.74 bits per heavy atom. The lowest BCUT2D eigenvalue weighted by Crippen LogP contribution is -2.45. The average molecular weight is 418 g/mol. The Balaban J connectivity index is 1.53. The van der Waals surface area contributed by atoms with Crippen molar-refractivity contribution in [2.24, 2.45) is 0 Å². The van der Waals surface area contributed by atoms with Crippen molar-refractivity contribution in [1.29, 1.82) is 0 Å². The number of hydrogen-bond donors (Lipinski definition) is 0. The smallest absolute Gasteiger partial charge is 0.410 e. The van der Waals surface area contributed by atoms with E-state index in [4.69, 9.17) is 11.2 Å². The molecule has 0 aromatic heterocycles. The van der Waals surface area contributed by atoms with Gasteiger partial charge in [0.15, 0.2) is 0 Å². The maximum Gasteiger partial charge on any atom is 0.416 e. The maximum absolute atomic E-state index is 13.0. The summed E-state index contributed by atoms with van der Waals surface area (Å²) in [4.78, 5) is 19.4. The van der Waals surface area contributed by atoms with Crippen molar-refractivity contribution < 1.29 is 9.53 Å². The molecule has 0 saturated carbocycles. The van der Waals surface area contributed by atoms with Gasteiger partial charge in [-0.2, -0.15) is 0 Å². The van der Waals surface area contributed by atoms with E-state index in [0.29, 0.717) is 11.9 Å². The molecule has 2 aromatic rings. The minimum Gasteiger partial charge on any atom is -0.410 e. The lowest BCUT2D eigenvalue weighted by Gasteiger charge is -2.32. The number of terminal acetylenes is 1. The summed E-state index contributed by atoms with van der Waals surface area (Å²) in [6.45, 7) is 5.58. The fourth-order valence-corrected chi connectivity index (χ4v) is 5.34. The lowest BCUT2D eigenvalue weighted by molar-refractivity contribution is 0.142. The van der Waals surface area contributed by atoms with Crippen LogP contribution in [0, 0.1) is 12.3 Å². The molecule has 4 rings (SSSR count). The van der Waals surface area contributed by atoms with E-state index in [9.17, 15) is 4.79 Å². The normalized spacial score (nSPS) is 23.1. The Hall–Kier alpha value is -2.97. The van der Waals surface area contributed by atoms with Gasteiger partial charge in [-0.05, 0) is 56.1 Å². The first-order valence-corrected chi connectivity index (χ1v) is 10.9. The molecule has 1 fully saturated rings. The zero-order chi connectivity index (χ0) is 22.2. The van der Waals surface area contributed by atoms with Crippen LogP contribution in [0.1, 0.15) is 31.4 Å². The molecule has 31 heavy (non-hydrogen) atoms. The van der Waals surface area contributed by atoms with Gasteiger partial charge in [0, 0.05) is 30.7 Å². The Morgan fingerprint density at radius 2 is 2.03 bits per heavy atom. The highest BCUT2D eigenvalue weighted by Crippen LogP contribution is 2.51. The first kappa shape index (κ1) is 21.3. The second kappa shape index (κ2) is 8.28. The highest BCUT2D eigenvalue weighted by molar-refractivity contribution is 5.73. The summed E-state index contributed by atoms with van der Waals surface area (Å²) in [5, 5.41) is 0. The van der Waals surface area contributed by atoms with Gasteiger partial charge in [0.1, 0.15) is 5.75 Å². The van der Waals surface area contributed by atoms with Gasteiger partial charge in [-0.3, -0.25) is 9.80 Å². The minimum absolute atomic E-state index is 0.0281. The fourth-order valence-electron chi connectivity index (χ4n) is 5.34. The van der Waals surface area contributed by atoms with Crippen LogP contribution in [0.5, 0.6) is 5.75 Å². The molecular weight excluding hydrogens is 386 g/mol. The van der Waals surface area contributed by atoms with Crippen LogP contribution in [-0.4, -0.2) is 55.3 Å². The topological polar surface area (TPSA) is 36.0 Å². The maximum atomic E-state index is 13.0. The third-order valence-electron chi connectivity index (χ3n) is 6.91. The number of benzene rings is 2. The monoisotopic (exact) mass is 417 g/mol. The van der Waals surface area contributed by atoms with Crippen molar-refractivity contribution in [3.63, 3.8) is 0 Å². The molecule has 2 heterocycles. The molecule has 0 spiro atoms. The van der Waals surface area contributed by atoms with Crippen molar-refractivity contribution >= 4 is 11.8 Å². The van der Waals surface area contributed by atoms with E-state index >= 15 is 0 Å². The number of nitrogens with zero attached hydrogens (tertiary/aromatic N) is 3. The lowest BCUT2D eigenvalue weighted by atomic mass is 9.81. The first-order valence-electron chi connectivity index (χ1n) is 10.9. The molecule has 2 aliphatic rings. The molecule has 5 nitrogen and oxygen atoms in total. The molecule has 0 aliphatic carbocycles. The Bertz CT molecular complexity index is 999. The summed E-state index contributed by atoms with van der Waals surface area (Å²) >= 11 is 0. The quantitative estimate of drug-likeness (QED) is 0.686. The van der Waals surface area contributed by atoms with Crippen molar-refractivity contribution in [2.45, 2.75) is 44.3 Å². The second-order valence-corrected chi connectivity index (χ2v) is 9.05. The molecule has 0 radical (unpaired) electrons. The Kier molecular flexibility index (Phi) is 5.68. The molecular formula is C26H31N3O2. The Morgan fingerprint density at radius 1 is 1.29 bits per heavy atom. The molecule has 0 unspecified atom stereocenters. The van der Waals surface area contributed by atoms with Gasteiger partial charge in [0.25, 0.3) is 0 Å². The van der Waals surface area contributed by atoms with Crippen LogP contribution in [0.25, 0.3) is 0 Å². The van der Waals surface area contributed by atoms with E-state index in [2.05, 4.69) is 54.9 Å². The molecule has 3 atom stereocenters. The van der Waals surface area contributed by atoms with Crippen LogP contribution in [0.3, 0.4) is 0 Å².